The fraction of sp³-hybridized carbons (Fsp3) is 0.611. The Labute approximate surface area is 161 Å². The van der Waals surface area contributed by atoms with Gasteiger partial charge in [0.25, 0.3) is 5.91 Å². The molecule has 0 radical (unpaired) electrons. The minimum atomic E-state index is -3.15. The molecular weight excluding hydrogens is 376 g/mol. The molecule has 1 saturated heterocycles. The molecule has 8 heteroatoms. The molecule has 1 heterocycles. The van der Waals surface area contributed by atoms with Gasteiger partial charge in [-0.1, -0.05) is 18.5 Å². The molecule has 1 amide bonds. The van der Waals surface area contributed by atoms with Gasteiger partial charge in [0.05, 0.1) is 11.3 Å². The molecule has 1 aromatic carbocycles. The summed E-state index contributed by atoms with van der Waals surface area (Å²) < 4.78 is 30.5. The summed E-state index contributed by atoms with van der Waals surface area (Å²) in [5, 5.41) is 0.397. The zero-order valence-electron chi connectivity index (χ0n) is 15.6. The monoisotopic (exact) mass is 402 g/mol. The second-order valence-electron chi connectivity index (χ2n) is 6.51. The van der Waals surface area contributed by atoms with Crippen LogP contribution in [0.5, 0.6) is 5.75 Å². The van der Waals surface area contributed by atoms with E-state index < -0.39 is 10.0 Å². The summed E-state index contributed by atoms with van der Waals surface area (Å²) in [5.74, 6) is 0.490. The van der Waals surface area contributed by atoms with Crippen LogP contribution in [0.25, 0.3) is 0 Å². The van der Waals surface area contributed by atoms with Gasteiger partial charge in [-0.25, -0.2) is 12.7 Å². The number of nitrogens with zero attached hydrogens (tertiary/aromatic N) is 2. The van der Waals surface area contributed by atoms with Gasteiger partial charge in [0, 0.05) is 31.7 Å². The Morgan fingerprint density at radius 2 is 1.96 bits per heavy atom. The van der Waals surface area contributed by atoms with Gasteiger partial charge >= 0.3 is 0 Å². The van der Waals surface area contributed by atoms with Crippen LogP contribution in [0, 0.1) is 0 Å². The van der Waals surface area contributed by atoms with Crippen LogP contribution in [-0.4, -0.2) is 62.1 Å². The Balaban J connectivity index is 2.01. The van der Waals surface area contributed by atoms with Crippen LogP contribution >= 0.6 is 11.6 Å². The summed E-state index contributed by atoms with van der Waals surface area (Å²) in [7, 11) is -3.15. The number of hydrogen-bond acceptors (Lipinski definition) is 4. The van der Waals surface area contributed by atoms with Gasteiger partial charge in [-0.15, -0.1) is 0 Å². The minimum Gasteiger partial charge on any atom is -0.489 e. The van der Waals surface area contributed by atoms with E-state index in [1.54, 1.807) is 23.1 Å². The first kappa shape index (κ1) is 21.0. The molecule has 1 aromatic rings. The van der Waals surface area contributed by atoms with Gasteiger partial charge in [-0.2, -0.15) is 0 Å². The summed E-state index contributed by atoms with van der Waals surface area (Å²) in [4.78, 5) is 14.3. The molecule has 0 saturated carbocycles. The Morgan fingerprint density at radius 1 is 1.31 bits per heavy atom. The van der Waals surface area contributed by atoms with Crippen molar-refractivity contribution in [3.8, 4) is 5.75 Å². The number of benzene rings is 1. The van der Waals surface area contributed by atoms with Crippen molar-refractivity contribution in [2.75, 3.05) is 32.4 Å². The lowest BCUT2D eigenvalue weighted by Crippen LogP contribution is -2.41. The molecule has 2 rings (SSSR count). The molecule has 1 fully saturated rings. The predicted octanol–water partition coefficient (Wildman–Crippen LogP) is 3.01. The number of carbonyl (C=O) groups is 1. The van der Waals surface area contributed by atoms with Crippen molar-refractivity contribution >= 4 is 27.5 Å². The lowest BCUT2D eigenvalue weighted by atomic mass is 10.1. The van der Waals surface area contributed by atoms with Gasteiger partial charge in [0.1, 0.15) is 11.9 Å². The summed E-state index contributed by atoms with van der Waals surface area (Å²) >= 11 is 6.32. The van der Waals surface area contributed by atoms with Gasteiger partial charge < -0.3 is 9.64 Å². The standard InChI is InChI=1S/C18H27ClN2O4S/c1-4-10-20(5-2)18(22)14-6-7-17(16(19)13-14)25-15-8-11-21(12-9-15)26(3,23)24/h6-7,13,15H,4-5,8-12H2,1-3H3. The third-order valence-electron chi connectivity index (χ3n) is 4.50. The Hall–Kier alpha value is -1.31. The van der Waals surface area contributed by atoms with E-state index in [-0.39, 0.29) is 12.0 Å². The molecule has 0 bridgehead atoms. The number of hydrogen-bond donors (Lipinski definition) is 0. The third-order valence-corrected chi connectivity index (χ3v) is 6.10. The number of piperidine rings is 1. The quantitative estimate of drug-likeness (QED) is 0.703. The lowest BCUT2D eigenvalue weighted by Gasteiger charge is -2.30. The number of amides is 1. The van der Waals surface area contributed by atoms with Crippen molar-refractivity contribution in [1.29, 1.82) is 0 Å². The summed E-state index contributed by atoms with van der Waals surface area (Å²) in [5.41, 5.74) is 0.546. The van der Waals surface area contributed by atoms with Crippen LogP contribution in [0.15, 0.2) is 18.2 Å². The van der Waals surface area contributed by atoms with E-state index in [2.05, 4.69) is 0 Å². The van der Waals surface area contributed by atoms with E-state index in [4.69, 9.17) is 16.3 Å². The van der Waals surface area contributed by atoms with Crippen molar-refractivity contribution in [1.82, 2.24) is 9.21 Å². The number of ether oxygens (including phenoxy) is 1. The highest BCUT2D eigenvalue weighted by atomic mass is 35.5. The van der Waals surface area contributed by atoms with Crippen molar-refractivity contribution < 1.29 is 17.9 Å². The molecule has 26 heavy (non-hydrogen) atoms. The van der Waals surface area contributed by atoms with Crippen molar-refractivity contribution in [3.05, 3.63) is 28.8 Å². The fourth-order valence-electron chi connectivity index (χ4n) is 3.05. The van der Waals surface area contributed by atoms with Gasteiger partial charge in [-0.3, -0.25) is 4.79 Å². The maximum atomic E-state index is 12.5. The highest BCUT2D eigenvalue weighted by Gasteiger charge is 2.26. The van der Waals surface area contributed by atoms with E-state index in [0.717, 1.165) is 6.42 Å². The van der Waals surface area contributed by atoms with Crippen LogP contribution in [0.3, 0.4) is 0 Å². The average molecular weight is 403 g/mol. The molecule has 0 aliphatic carbocycles. The lowest BCUT2D eigenvalue weighted by molar-refractivity contribution is 0.0764. The Bertz CT molecular complexity index is 731. The molecule has 6 nitrogen and oxygen atoms in total. The normalized spacial score (nSPS) is 16.5. The van der Waals surface area contributed by atoms with Crippen LogP contribution in [-0.2, 0) is 10.0 Å². The van der Waals surface area contributed by atoms with E-state index in [0.29, 0.717) is 55.4 Å². The second kappa shape index (κ2) is 9.06. The van der Waals surface area contributed by atoms with Crippen LogP contribution in [0.2, 0.25) is 5.02 Å². The van der Waals surface area contributed by atoms with Crippen molar-refractivity contribution in [3.63, 3.8) is 0 Å². The topological polar surface area (TPSA) is 66.9 Å². The zero-order valence-corrected chi connectivity index (χ0v) is 17.1. The Morgan fingerprint density at radius 3 is 2.46 bits per heavy atom. The minimum absolute atomic E-state index is 0.0377. The number of rotatable bonds is 7. The first-order valence-corrected chi connectivity index (χ1v) is 11.2. The summed E-state index contributed by atoms with van der Waals surface area (Å²) in [6, 6.07) is 5.09. The van der Waals surface area contributed by atoms with E-state index in [1.807, 2.05) is 13.8 Å². The van der Waals surface area contributed by atoms with Crippen LogP contribution in [0.1, 0.15) is 43.5 Å². The third kappa shape index (κ3) is 5.34. The van der Waals surface area contributed by atoms with Crippen molar-refractivity contribution in [2.24, 2.45) is 0 Å². The average Bonchev–Trinajstić information content (AvgIpc) is 2.60. The Kier molecular flexibility index (Phi) is 7.32. The number of halogens is 1. The molecule has 146 valence electrons. The highest BCUT2D eigenvalue weighted by Crippen LogP contribution is 2.29. The summed E-state index contributed by atoms with van der Waals surface area (Å²) in [6.07, 6.45) is 3.27. The maximum absolute atomic E-state index is 12.5. The van der Waals surface area contributed by atoms with E-state index in [9.17, 15) is 13.2 Å². The molecule has 1 aliphatic rings. The number of carbonyl (C=O) groups excluding carboxylic acids is 1. The SMILES string of the molecule is CCCN(CC)C(=O)c1ccc(OC2CCN(S(C)(=O)=O)CC2)c(Cl)c1. The molecule has 0 N–H and O–H groups in total. The smallest absolute Gasteiger partial charge is 0.253 e. The number of sulfonamides is 1. The first-order valence-electron chi connectivity index (χ1n) is 8.96. The van der Waals surface area contributed by atoms with Gasteiger partial charge in [0.2, 0.25) is 10.0 Å². The molecule has 1 aliphatic heterocycles. The second-order valence-corrected chi connectivity index (χ2v) is 8.90. The zero-order chi connectivity index (χ0) is 19.3. The highest BCUT2D eigenvalue weighted by molar-refractivity contribution is 7.88. The summed E-state index contributed by atoms with van der Waals surface area (Å²) in [6.45, 7) is 6.25. The van der Waals surface area contributed by atoms with Crippen LogP contribution in [0.4, 0.5) is 0 Å². The largest absolute Gasteiger partial charge is 0.489 e. The van der Waals surface area contributed by atoms with Crippen LogP contribution < -0.4 is 4.74 Å². The molecule has 0 unspecified atom stereocenters. The van der Waals surface area contributed by atoms with E-state index in [1.165, 1.54) is 10.6 Å². The fourth-order valence-corrected chi connectivity index (χ4v) is 4.15. The molecule has 0 spiro atoms. The predicted molar refractivity (Wildman–Crippen MR) is 103 cm³/mol. The molecule has 0 aromatic heterocycles. The maximum Gasteiger partial charge on any atom is 0.253 e. The molecular formula is C18H27ClN2O4S. The van der Waals surface area contributed by atoms with Gasteiger partial charge in [0.15, 0.2) is 0 Å². The van der Waals surface area contributed by atoms with E-state index >= 15 is 0 Å². The molecule has 0 atom stereocenters. The van der Waals surface area contributed by atoms with Crippen molar-refractivity contribution in [2.45, 2.75) is 39.2 Å². The van der Waals surface area contributed by atoms with Gasteiger partial charge in [-0.05, 0) is 44.4 Å². The first-order chi connectivity index (χ1) is 12.3.